The van der Waals surface area contributed by atoms with Crippen LogP contribution in [0.1, 0.15) is 17.7 Å². The van der Waals surface area contributed by atoms with E-state index in [1.165, 1.54) is 18.7 Å². The number of phenols is 1. The molecule has 0 radical (unpaired) electrons. The highest BCUT2D eigenvalue weighted by molar-refractivity contribution is 7.99. The van der Waals surface area contributed by atoms with Crippen molar-refractivity contribution < 1.29 is 19.4 Å². The number of rotatable bonds is 5. The Kier molecular flexibility index (Phi) is 7.96. The van der Waals surface area contributed by atoms with Gasteiger partial charge in [0, 0.05) is 24.9 Å². The number of hydrogen-bond donors (Lipinski definition) is 1. The molecule has 1 aliphatic rings. The average molecular weight is 437 g/mol. The predicted molar refractivity (Wildman–Crippen MR) is 117 cm³/mol. The number of amides is 1. The lowest BCUT2D eigenvalue weighted by atomic mass is 10.1. The van der Waals surface area contributed by atoms with Crippen LogP contribution in [0.15, 0.2) is 53.4 Å². The van der Waals surface area contributed by atoms with E-state index in [1.54, 1.807) is 29.2 Å². The standard InChI is InChI=1S/C21H24N2O4S.ClH/c1-14(24)27-19-20(15-8-10-16(25)11-9-15)28-18-7-5-4-6-17(18)23(21(19)26)13-12-22(2)3;/h4-11,19-20,25H,12-13H2,1-3H3;1H/t19-,20+;/m0./s1. The third-order valence-corrected chi connectivity index (χ3v) is 5.85. The largest absolute Gasteiger partial charge is 0.508 e. The number of ether oxygens (including phenoxy) is 1. The van der Waals surface area contributed by atoms with Crippen molar-refractivity contribution in [2.24, 2.45) is 0 Å². The number of likely N-dealkylation sites (N-methyl/N-ethyl adjacent to an activating group) is 1. The van der Waals surface area contributed by atoms with Crippen LogP contribution in [0.3, 0.4) is 0 Å². The summed E-state index contributed by atoms with van der Waals surface area (Å²) in [5.41, 5.74) is 1.63. The summed E-state index contributed by atoms with van der Waals surface area (Å²) in [4.78, 5) is 29.9. The zero-order chi connectivity index (χ0) is 20.3. The van der Waals surface area contributed by atoms with Gasteiger partial charge >= 0.3 is 5.97 Å². The van der Waals surface area contributed by atoms with Crippen LogP contribution < -0.4 is 4.90 Å². The van der Waals surface area contributed by atoms with Crippen molar-refractivity contribution >= 4 is 41.7 Å². The molecule has 2 atom stereocenters. The van der Waals surface area contributed by atoms with Crippen molar-refractivity contribution in [1.82, 2.24) is 4.90 Å². The number of esters is 1. The summed E-state index contributed by atoms with van der Waals surface area (Å²) in [6.07, 6.45) is -0.957. The van der Waals surface area contributed by atoms with Crippen molar-refractivity contribution in [3.63, 3.8) is 0 Å². The molecule has 1 N–H and O–H groups in total. The van der Waals surface area contributed by atoms with E-state index in [9.17, 15) is 14.7 Å². The Morgan fingerprint density at radius 2 is 1.83 bits per heavy atom. The van der Waals surface area contributed by atoms with Crippen LogP contribution in [0.2, 0.25) is 0 Å². The summed E-state index contributed by atoms with van der Waals surface area (Å²) < 4.78 is 5.52. The number of benzene rings is 2. The quantitative estimate of drug-likeness (QED) is 0.723. The maximum Gasteiger partial charge on any atom is 0.303 e. The van der Waals surface area contributed by atoms with Gasteiger partial charge in [-0.15, -0.1) is 24.2 Å². The molecule has 2 aromatic carbocycles. The molecule has 29 heavy (non-hydrogen) atoms. The predicted octanol–water partition coefficient (Wildman–Crippen LogP) is 3.49. The van der Waals surface area contributed by atoms with E-state index in [2.05, 4.69) is 0 Å². The molecule has 0 saturated heterocycles. The monoisotopic (exact) mass is 436 g/mol. The topological polar surface area (TPSA) is 70.1 Å². The fourth-order valence-corrected chi connectivity index (χ4v) is 4.43. The van der Waals surface area contributed by atoms with Crippen molar-refractivity contribution in [2.45, 2.75) is 23.2 Å². The minimum Gasteiger partial charge on any atom is -0.508 e. The van der Waals surface area contributed by atoms with E-state index >= 15 is 0 Å². The first-order valence-corrected chi connectivity index (χ1v) is 9.92. The van der Waals surface area contributed by atoms with Gasteiger partial charge in [0.15, 0.2) is 6.10 Å². The Bertz CT molecular complexity index is 860. The highest BCUT2D eigenvalue weighted by atomic mass is 35.5. The molecule has 8 heteroatoms. The molecule has 0 unspecified atom stereocenters. The van der Waals surface area contributed by atoms with Crippen LogP contribution in [-0.4, -0.2) is 55.2 Å². The number of aromatic hydroxyl groups is 1. The lowest BCUT2D eigenvalue weighted by Gasteiger charge is -2.28. The maximum absolute atomic E-state index is 13.5. The van der Waals surface area contributed by atoms with Gasteiger partial charge in [0.2, 0.25) is 0 Å². The van der Waals surface area contributed by atoms with Crippen molar-refractivity contribution in [1.29, 1.82) is 0 Å². The molecule has 1 amide bonds. The summed E-state index contributed by atoms with van der Waals surface area (Å²) in [6.45, 7) is 2.49. The number of thioether (sulfide) groups is 1. The van der Waals surface area contributed by atoms with E-state index in [4.69, 9.17) is 4.74 Å². The number of phenolic OH excluding ortho intramolecular Hbond substituents is 1. The van der Waals surface area contributed by atoms with E-state index in [1.807, 2.05) is 43.3 Å². The molecule has 1 heterocycles. The normalized spacial score (nSPS) is 18.6. The summed E-state index contributed by atoms with van der Waals surface area (Å²) in [5, 5.41) is 9.21. The Labute approximate surface area is 181 Å². The number of fused-ring (bicyclic) bond motifs is 1. The van der Waals surface area contributed by atoms with Gasteiger partial charge in [-0.2, -0.15) is 0 Å². The molecule has 6 nitrogen and oxygen atoms in total. The fraction of sp³-hybridized carbons (Fsp3) is 0.333. The molecule has 0 bridgehead atoms. The number of para-hydroxylation sites is 1. The molecule has 2 aromatic rings. The highest BCUT2D eigenvalue weighted by Crippen LogP contribution is 2.46. The molecule has 156 valence electrons. The SMILES string of the molecule is CC(=O)O[C@@H]1C(=O)N(CCN(C)C)c2ccccc2S[C@@H]1c1ccc(O)cc1.Cl. The Hall–Kier alpha value is -2.22. The lowest BCUT2D eigenvalue weighted by Crippen LogP contribution is -2.45. The molecule has 0 fully saturated rings. The second-order valence-corrected chi connectivity index (χ2v) is 8.10. The minimum absolute atomic E-state index is 0. The zero-order valence-corrected chi connectivity index (χ0v) is 18.2. The number of nitrogens with zero attached hydrogens (tertiary/aromatic N) is 2. The molecule has 0 saturated carbocycles. The number of hydrogen-bond acceptors (Lipinski definition) is 6. The number of carbonyl (C=O) groups is 2. The van der Waals surface area contributed by atoms with Gasteiger partial charge in [-0.1, -0.05) is 24.3 Å². The smallest absolute Gasteiger partial charge is 0.303 e. The van der Waals surface area contributed by atoms with Crippen LogP contribution in [0.5, 0.6) is 5.75 Å². The van der Waals surface area contributed by atoms with Gasteiger partial charge in [-0.05, 0) is 43.9 Å². The molecular formula is C21H25ClN2O4S. The van der Waals surface area contributed by atoms with Crippen LogP contribution >= 0.6 is 24.2 Å². The van der Waals surface area contributed by atoms with Gasteiger partial charge in [0.1, 0.15) is 5.75 Å². The molecule has 0 spiro atoms. The van der Waals surface area contributed by atoms with Gasteiger partial charge in [-0.25, -0.2) is 0 Å². The number of halogens is 1. The molecular weight excluding hydrogens is 412 g/mol. The maximum atomic E-state index is 13.5. The first kappa shape index (κ1) is 23.1. The summed E-state index contributed by atoms with van der Waals surface area (Å²) in [5.74, 6) is -0.598. The fourth-order valence-electron chi connectivity index (χ4n) is 3.11. The second-order valence-electron chi connectivity index (χ2n) is 6.92. The lowest BCUT2D eigenvalue weighted by molar-refractivity contribution is -0.152. The van der Waals surface area contributed by atoms with E-state index in [-0.39, 0.29) is 24.1 Å². The highest BCUT2D eigenvalue weighted by Gasteiger charge is 2.40. The second kappa shape index (κ2) is 10.0. The zero-order valence-electron chi connectivity index (χ0n) is 16.6. The van der Waals surface area contributed by atoms with E-state index in [0.29, 0.717) is 13.1 Å². The van der Waals surface area contributed by atoms with Crippen LogP contribution in [0, 0.1) is 0 Å². The van der Waals surface area contributed by atoms with Crippen molar-refractivity contribution in [2.75, 3.05) is 32.1 Å². The Morgan fingerprint density at radius 1 is 1.17 bits per heavy atom. The van der Waals surface area contributed by atoms with E-state index < -0.39 is 17.3 Å². The van der Waals surface area contributed by atoms with Crippen LogP contribution in [-0.2, 0) is 14.3 Å². The summed E-state index contributed by atoms with van der Waals surface area (Å²) >= 11 is 1.49. The molecule has 0 aromatic heterocycles. The van der Waals surface area contributed by atoms with Crippen LogP contribution in [0.25, 0.3) is 0 Å². The Balaban J connectivity index is 0.00000300. The average Bonchev–Trinajstić information content (AvgIpc) is 2.76. The first-order chi connectivity index (χ1) is 13.4. The molecule has 3 rings (SSSR count). The summed E-state index contributed by atoms with van der Waals surface area (Å²) in [6, 6.07) is 14.4. The van der Waals surface area contributed by atoms with E-state index in [0.717, 1.165) is 16.1 Å². The van der Waals surface area contributed by atoms with Gasteiger partial charge in [-0.3, -0.25) is 9.59 Å². The van der Waals surface area contributed by atoms with Gasteiger partial charge in [0.05, 0.1) is 10.9 Å². The van der Waals surface area contributed by atoms with Gasteiger partial charge < -0.3 is 19.6 Å². The Morgan fingerprint density at radius 3 is 2.45 bits per heavy atom. The van der Waals surface area contributed by atoms with Crippen LogP contribution in [0.4, 0.5) is 5.69 Å². The van der Waals surface area contributed by atoms with Gasteiger partial charge in [0.25, 0.3) is 5.91 Å². The molecule has 0 aliphatic carbocycles. The van der Waals surface area contributed by atoms with Crippen molar-refractivity contribution in [3.05, 3.63) is 54.1 Å². The van der Waals surface area contributed by atoms with Crippen molar-refractivity contribution in [3.8, 4) is 5.75 Å². The third kappa shape index (κ3) is 5.44. The number of anilines is 1. The molecule has 1 aliphatic heterocycles. The third-order valence-electron chi connectivity index (χ3n) is 4.48. The first-order valence-electron chi connectivity index (χ1n) is 9.05. The summed E-state index contributed by atoms with van der Waals surface area (Å²) in [7, 11) is 3.90. The number of carbonyl (C=O) groups excluding carboxylic acids is 2. The minimum atomic E-state index is -0.957.